The third-order valence-electron chi connectivity index (χ3n) is 5.14. The molecular formula is C19H18F3N5O2. The van der Waals surface area contributed by atoms with E-state index in [-0.39, 0.29) is 34.3 Å². The molecule has 0 atom stereocenters. The van der Waals surface area contributed by atoms with E-state index < -0.39 is 11.7 Å². The Kier molecular flexibility index (Phi) is 4.71. The number of likely N-dealkylation sites (tertiary alicyclic amines) is 1. The molecule has 0 saturated carbocycles. The van der Waals surface area contributed by atoms with E-state index in [1.54, 1.807) is 11.8 Å². The molecule has 0 unspecified atom stereocenters. The first-order valence-corrected chi connectivity index (χ1v) is 9.16. The second kappa shape index (κ2) is 7.09. The van der Waals surface area contributed by atoms with Gasteiger partial charge >= 0.3 is 6.18 Å². The highest BCUT2D eigenvalue weighted by Gasteiger charge is 2.37. The third-order valence-corrected chi connectivity index (χ3v) is 5.14. The summed E-state index contributed by atoms with van der Waals surface area (Å²) < 4.78 is 45.6. The predicted octanol–water partition coefficient (Wildman–Crippen LogP) is 3.67. The number of halogens is 3. The molecule has 1 aliphatic rings. The summed E-state index contributed by atoms with van der Waals surface area (Å²) in [6.45, 7) is 4.04. The van der Waals surface area contributed by atoms with Gasteiger partial charge in [-0.3, -0.25) is 9.78 Å². The van der Waals surface area contributed by atoms with Crippen LogP contribution in [0.5, 0.6) is 0 Å². The van der Waals surface area contributed by atoms with E-state index in [0.29, 0.717) is 37.3 Å². The van der Waals surface area contributed by atoms with Crippen LogP contribution in [0.15, 0.2) is 23.0 Å². The number of piperidine rings is 1. The molecule has 4 rings (SSSR count). The predicted molar refractivity (Wildman–Crippen MR) is 96.2 cm³/mol. The van der Waals surface area contributed by atoms with Crippen molar-refractivity contribution in [1.82, 2.24) is 25.0 Å². The van der Waals surface area contributed by atoms with Crippen molar-refractivity contribution in [1.29, 1.82) is 0 Å². The number of carbonyl (C=O) groups is 1. The molecule has 1 aliphatic heterocycles. The maximum atomic E-state index is 13.5. The van der Waals surface area contributed by atoms with Gasteiger partial charge in [-0.1, -0.05) is 5.16 Å². The first kappa shape index (κ1) is 19.3. The number of rotatable bonds is 2. The standard InChI is InChI=1S/C19H18F3N5O2/c1-10-8-24-15(9-23-10)18(28)27-5-3-12(4-6-27)14-7-13(19(20,21)22)16-11(2)26-29-17(16)25-14/h7-9,12H,3-6H2,1-2H3. The van der Waals surface area contributed by atoms with Crippen molar-refractivity contribution in [3.8, 4) is 0 Å². The van der Waals surface area contributed by atoms with Gasteiger partial charge in [-0.2, -0.15) is 13.2 Å². The fourth-order valence-electron chi connectivity index (χ4n) is 3.59. The van der Waals surface area contributed by atoms with Gasteiger partial charge in [0.15, 0.2) is 0 Å². The van der Waals surface area contributed by atoms with Crippen molar-refractivity contribution in [3.05, 3.63) is 46.8 Å². The first-order valence-electron chi connectivity index (χ1n) is 9.16. The van der Waals surface area contributed by atoms with Crippen LogP contribution >= 0.6 is 0 Å². The number of aromatic nitrogens is 4. The molecule has 3 aromatic rings. The summed E-state index contributed by atoms with van der Waals surface area (Å²) in [4.78, 5) is 26.6. The molecule has 10 heteroatoms. The molecule has 1 fully saturated rings. The van der Waals surface area contributed by atoms with Crippen LogP contribution in [0.2, 0.25) is 0 Å². The van der Waals surface area contributed by atoms with Gasteiger partial charge in [0, 0.05) is 30.9 Å². The smallest absolute Gasteiger partial charge is 0.337 e. The zero-order chi connectivity index (χ0) is 20.8. The lowest BCUT2D eigenvalue weighted by Crippen LogP contribution is -2.38. The molecule has 0 bridgehead atoms. The van der Waals surface area contributed by atoms with E-state index in [1.807, 2.05) is 0 Å². The number of hydrogen-bond donors (Lipinski definition) is 0. The number of pyridine rings is 1. The van der Waals surface area contributed by atoms with Gasteiger partial charge < -0.3 is 9.42 Å². The van der Waals surface area contributed by atoms with Crippen molar-refractivity contribution in [3.63, 3.8) is 0 Å². The largest absolute Gasteiger partial charge is 0.417 e. The van der Waals surface area contributed by atoms with Crippen molar-refractivity contribution in [2.75, 3.05) is 13.1 Å². The van der Waals surface area contributed by atoms with Crippen LogP contribution in [0.3, 0.4) is 0 Å². The van der Waals surface area contributed by atoms with Gasteiger partial charge in [-0.15, -0.1) is 0 Å². The van der Waals surface area contributed by atoms with Crippen LogP contribution in [0.1, 0.15) is 51.9 Å². The monoisotopic (exact) mass is 405 g/mol. The molecule has 0 aliphatic carbocycles. The van der Waals surface area contributed by atoms with E-state index in [0.717, 1.165) is 6.07 Å². The van der Waals surface area contributed by atoms with E-state index in [4.69, 9.17) is 4.52 Å². The highest BCUT2D eigenvalue weighted by molar-refractivity contribution is 5.92. The van der Waals surface area contributed by atoms with Gasteiger partial charge in [0.1, 0.15) is 5.69 Å². The van der Waals surface area contributed by atoms with Crippen molar-refractivity contribution in [2.24, 2.45) is 0 Å². The van der Waals surface area contributed by atoms with E-state index in [2.05, 4.69) is 20.1 Å². The zero-order valence-corrected chi connectivity index (χ0v) is 15.8. The van der Waals surface area contributed by atoms with E-state index in [9.17, 15) is 18.0 Å². The van der Waals surface area contributed by atoms with Gasteiger partial charge in [0.2, 0.25) is 0 Å². The molecule has 152 valence electrons. The Morgan fingerprint density at radius 3 is 2.52 bits per heavy atom. The van der Waals surface area contributed by atoms with Gasteiger partial charge in [-0.25, -0.2) is 9.97 Å². The van der Waals surface area contributed by atoms with E-state index >= 15 is 0 Å². The number of alkyl halides is 3. The number of fused-ring (bicyclic) bond motifs is 1. The SMILES string of the molecule is Cc1cnc(C(=O)N2CCC(c3cc(C(F)(F)F)c4c(C)noc4n3)CC2)cn1. The summed E-state index contributed by atoms with van der Waals surface area (Å²) in [5, 5.41) is 3.52. The van der Waals surface area contributed by atoms with Crippen LogP contribution in [-0.4, -0.2) is 44.0 Å². The van der Waals surface area contributed by atoms with E-state index in [1.165, 1.54) is 19.3 Å². The highest BCUT2D eigenvalue weighted by atomic mass is 19.4. The highest BCUT2D eigenvalue weighted by Crippen LogP contribution is 2.38. The molecular weight excluding hydrogens is 387 g/mol. The maximum absolute atomic E-state index is 13.5. The Morgan fingerprint density at radius 2 is 1.90 bits per heavy atom. The molecule has 29 heavy (non-hydrogen) atoms. The number of hydrogen-bond acceptors (Lipinski definition) is 6. The van der Waals surface area contributed by atoms with Crippen LogP contribution in [0.25, 0.3) is 11.1 Å². The van der Waals surface area contributed by atoms with Crippen molar-refractivity contribution < 1.29 is 22.5 Å². The fraction of sp³-hybridized carbons (Fsp3) is 0.421. The summed E-state index contributed by atoms with van der Waals surface area (Å²) >= 11 is 0. The van der Waals surface area contributed by atoms with Crippen molar-refractivity contribution >= 4 is 17.0 Å². The summed E-state index contributed by atoms with van der Waals surface area (Å²) in [5.74, 6) is -0.444. The van der Waals surface area contributed by atoms with Crippen LogP contribution in [-0.2, 0) is 6.18 Å². The van der Waals surface area contributed by atoms with Crippen LogP contribution in [0.4, 0.5) is 13.2 Å². The molecule has 4 heterocycles. The lowest BCUT2D eigenvalue weighted by atomic mass is 9.91. The molecule has 3 aromatic heterocycles. The second-order valence-electron chi connectivity index (χ2n) is 7.15. The lowest BCUT2D eigenvalue weighted by molar-refractivity contribution is -0.136. The second-order valence-corrected chi connectivity index (χ2v) is 7.15. The molecule has 1 saturated heterocycles. The Labute approximate surface area is 163 Å². The lowest BCUT2D eigenvalue weighted by Gasteiger charge is -2.31. The Bertz CT molecular complexity index is 1050. The normalized spacial score (nSPS) is 15.8. The quantitative estimate of drug-likeness (QED) is 0.647. The molecule has 0 aromatic carbocycles. The maximum Gasteiger partial charge on any atom is 0.417 e. The third kappa shape index (κ3) is 3.66. The molecule has 0 N–H and O–H groups in total. The fourth-order valence-corrected chi connectivity index (χ4v) is 3.59. The average Bonchev–Trinajstić information content (AvgIpc) is 3.07. The summed E-state index contributed by atoms with van der Waals surface area (Å²) in [7, 11) is 0. The Balaban J connectivity index is 1.55. The topological polar surface area (TPSA) is 85.0 Å². The van der Waals surface area contributed by atoms with Gasteiger partial charge in [0.25, 0.3) is 11.6 Å². The Morgan fingerprint density at radius 1 is 1.17 bits per heavy atom. The first-order chi connectivity index (χ1) is 13.7. The number of carbonyl (C=O) groups excluding carboxylic acids is 1. The number of nitrogens with zero attached hydrogens (tertiary/aromatic N) is 5. The summed E-state index contributed by atoms with van der Waals surface area (Å²) in [6, 6.07) is 1.08. The zero-order valence-electron chi connectivity index (χ0n) is 15.8. The van der Waals surface area contributed by atoms with Gasteiger partial charge in [-0.05, 0) is 32.8 Å². The summed E-state index contributed by atoms with van der Waals surface area (Å²) in [6.07, 6.45) is -0.590. The summed E-state index contributed by atoms with van der Waals surface area (Å²) in [5.41, 5.74) is 0.537. The minimum Gasteiger partial charge on any atom is -0.337 e. The molecule has 1 amide bonds. The van der Waals surface area contributed by atoms with Crippen molar-refractivity contribution in [2.45, 2.75) is 38.8 Å². The number of amides is 1. The van der Waals surface area contributed by atoms with Crippen LogP contribution < -0.4 is 0 Å². The molecule has 0 spiro atoms. The minimum atomic E-state index is -4.53. The Hall–Kier alpha value is -3.04. The minimum absolute atomic E-state index is 0.105. The average molecular weight is 405 g/mol. The molecule has 7 nitrogen and oxygen atoms in total. The number of aryl methyl sites for hydroxylation is 2. The van der Waals surface area contributed by atoms with Gasteiger partial charge in [0.05, 0.1) is 28.5 Å². The molecule has 0 radical (unpaired) electrons. The van der Waals surface area contributed by atoms with Crippen LogP contribution in [0, 0.1) is 13.8 Å².